The van der Waals surface area contributed by atoms with E-state index in [-0.39, 0.29) is 0 Å². The molecule has 3 rings (SSSR count). The summed E-state index contributed by atoms with van der Waals surface area (Å²) >= 11 is 0. The van der Waals surface area contributed by atoms with Gasteiger partial charge in [-0.1, -0.05) is 24.6 Å². The summed E-state index contributed by atoms with van der Waals surface area (Å²) in [5.74, 6) is 0. The van der Waals surface area contributed by atoms with Crippen molar-refractivity contribution in [3.63, 3.8) is 0 Å². The van der Waals surface area contributed by atoms with Crippen LogP contribution in [0.3, 0.4) is 0 Å². The molecule has 1 aromatic rings. The van der Waals surface area contributed by atoms with Crippen LogP contribution in [-0.2, 0) is 19.5 Å². The highest BCUT2D eigenvalue weighted by atomic mass is 32.2. The van der Waals surface area contributed by atoms with Crippen LogP contribution in [0, 0.1) is 6.92 Å². The molecule has 1 aromatic carbocycles. The van der Waals surface area contributed by atoms with E-state index < -0.39 is 15.6 Å². The van der Waals surface area contributed by atoms with Crippen LogP contribution >= 0.6 is 0 Å². The molecule has 2 heterocycles. The summed E-state index contributed by atoms with van der Waals surface area (Å²) in [7, 11) is -3.59. The van der Waals surface area contributed by atoms with E-state index in [1.54, 1.807) is 12.1 Å². The van der Waals surface area contributed by atoms with Crippen LogP contribution < -0.4 is 4.72 Å². The van der Waals surface area contributed by atoms with Gasteiger partial charge < -0.3 is 14.4 Å². The topological polar surface area (TPSA) is 71.1 Å². The molecule has 164 valence electrons. The summed E-state index contributed by atoms with van der Waals surface area (Å²) in [5.41, 5.74) is 0.488. The maximum absolute atomic E-state index is 13.0. The van der Waals surface area contributed by atoms with Crippen molar-refractivity contribution >= 4 is 10.0 Å². The number of hydrogen-bond donors (Lipinski definition) is 1. The Morgan fingerprint density at radius 3 is 2.34 bits per heavy atom. The summed E-state index contributed by atoms with van der Waals surface area (Å²) in [6.45, 7) is 12.1. The van der Waals surface area contributed by atoms with Crippen molar-refractivity contribution in [2.45, 2.75) is 37.1 Å². The predicted octanol–water partition coefficient (Wildman–Crippen LogP) is 1.48. The first-order chi connectivity index (χ1) is 13.9. The van der Waals surface area contributed by atoms with Crippen molar-refractivity contribution in [3.05, 3.63) is 29.8 Å². The lowest BCUT2D eigenvalue weighted by atomic mass is 9.89. The molecule has 8 heteroatoms. The van der Waals surface area contributed by atoms with Gasteiger partial charge >= 0.3 is 0 Å². The second-order valence-electron chi connectivity index (χ2n) is 8.14. The number of morpholine rings is 1. The quantitative estimate of drug-likeness (QED) is 0.605. The highest BCUT2D eigenvalue weighted by molar-refractivity contribution is 7.89. The molecule has 0 amide bonds. The molecule has 0 radical (unpaired) electrons. The maximum Gasteiger partial charge on any atom is 0.241 e. The number of hydrogen-bond acceptors (Lipinski definition) is 6. The van der Waals surface area contributed by atoms with Gasteiger partial charge in [-0.2, -0.15) is 0 Å². The van der Waals surface area contributed by atoms with Gasteiger partial charge in [-0.05, 0) is 51.5 Å². The fraction of sp³-hybridized carbons (Fsp3) is 0.714. The van der Waals surface area contributed by atoms with E-state index in [2.05, 4.69) is 21.4 Å². The van der Waals surface area contributed by atoms with Gasteiger partial charge in [-0.3, -0.25) is 4.90 Å². The van der Waals surface area contributed by atoms with E-state index in [9.17, 15) is 8.42 Å². The summed E-state index contributed by atoms with van der Waals surface area (Å²) < 4.78 is 40.5. The molecule has 0 aliphatic carbocycles. The lowest BCUT2D eigenvalue weighted by Crippen LogP contribution is -2.58. The maximum atomic E-state index is 13.0. The zero-order valence-electron chi connectivity index (χ0n) is 17.7. The second kappa shape index (κ2) is 10.3. The van der Waals surface area contributed by atoms with Crippen molar-refractivity contribution in [1.29, 1.82) is 0 Å². The number of sulfonamides is 1. The Morgan fingerprint density at radius 1 is 1.07 bits per heavy atom. The van der Waals surface area contributed by atoms with Gasteiger partial charge in [0.15, 0.2) is 0 Å². The van der Waals surface area contributed by atoms with Crippen LogP contribution in [0.1, 0.15) is 25.3 Å². The minimum absolute atomic E-state index is 0.314. The molecule has 0 bridgehead atoms. The normalized spacial score (nSPS) is 21.3. The Labute approximate surface area is 175 Å². The SMILES string of the molecule is CCN1CCC(COCCN2CCOCC2)(NS(=O)(=O)c2ccc(C)cc2)CC1. The number of aryl methyl sites for hydroxylation is 1. The Balaban J connectivity index is 1.62. The van der Waals surface area contributed by atoms with Gasteiger partial charge in [-0.15, -0.1) is 0 Å². The van der Waals surface area contributed by atoms with Crippen molar-refractivity contribution in [3.8, 4) is 0 Å². The highest BCUT2D eigenvalue weighted by Crippen LogP contribution is 2.26. The van der Waals surface area contributed by atoms with Gasteiger partial charge in [0.25, 0.3) is 0 Å². The van der Waals surface area contributed by atoms with Gasteiger partial charge in [0.2, 0.25) is 10.0 Å². The molecule has 0 spiro atoms. The van der Waals surface area contributed by atoms with E-state index in [0.717, 1.165) is 70.9 Å². The summed E-state index contributed by atoms with van der Waals surface area (Å²) in [4.78, 5) is 4.99. The van der Waals surface area contributed by atoms with Crippen LogP contribution in [0.2, 0.25) is 0 Å². The minimum Gasteiger partial charge on any atom is -0.379 e. The highest BCUT2D eigenvalue weighted by Gasteiger charge is 2.38. The van der Waals surface area contributed by atoms with Crippen LogP contribution in [0.4, 0.5) is 0 Å². The Hall–Kier alpha value is -1.03. The first-order valence-corrected chi connectivity index (χ1v) is 12.1. The fourth-order valence-corrected chi connectivity index (χ4v) is 5.37. The molecule has 7 nitrogen and oxygen atoms in total. The van der Waals surface area contributed by atoms with Gasteiger partial charge in [0.05, 0.1) is 36.9 Å². The summed E-state index contributed by atoms with van der Waals surface area (Å²) in [6, 6.07) is 7.01. The van der Waals surface area contributed by atoms with Crippen LogP contribution in [-0.4, -0.2) is 89.5 Å². The van der Waals surface area contributed by atoms with E-state index in [1.807, 2.05) is 19.1 Å². The first kappa shape index (κ1) is 22.7. The molecule has 0 saturated carbocycles. The van der Waals surface area contributed by atoms with E-state index in [4.69, 9.17) is 9.47 Å². The standard InChI is InChI=1S/C21H35N3O4S/c1-3-23-10-8-21(9-11-23,18-28-17-14-24-12-15-27-16-13-24)22-29(25,26)20-6-4-19(2)5-7-20/h4-7,22H,3,8-18H2,1-2H3. The fourth-order valence-electron chi connectivity index (χ4n) is 3.92. The average molecular weight is 426 g/mol. The summed E-state index contributed by atoms with van der Waals surface area (Å²) in [6.07, 6.45) is 1.51. The molecule has 2 aliphatic heterocycles. The average Bonchev–Trinajstić information content (AvgIpc) is 2.73. The lowest BCUT2D eigenvalue weighted by molar-refractivity contribution is 0.00362. The van der Waals surface area contributed by atoms with Crippen molar-refractivity contribution in [2.75, 3.05) is 65.7 Å². The van der Waals surface area contributed by atoms with E-state index >= 15 is 0 Å². The van der Waals surface area contributed by atoms with Crippen molar-refractivity contribution in [1.82, 2.24) is 14.5 Å². The molecule has 0 unspecified atom stereocenters. The van der Waals surface area contributed by atoms with Gasteiger partial charge in [0, 0.05) is 19.6 Å². The molecule has 2 saturated heterocycles. The first-order valence-electron chi connectivity index (χ1n) is 10.6. The predicted molar refractivity (Wildman–Crippen MR) is 114 cm³/mol. The Kier molecular flexibility index (Phi) is 8.07. The number of ether oxygens (including phenoxy) is 2. The zero-order valence-corrected chi connectivity index (χ0v) is 18.5. The molecule has 2 aliphatic rings. The van der Waals surface area contributed by atoms with Gasteiger partial charge in [-0.25, -0.2) is 13.1 Å². The number of nitrogens with one attached hydrogen (secondary N) is 1. The molecule has 2 fully saturated rings. The lowest BCUT2D eigenvalue weighted by Gasteiger charge is -2.41. The Bertz CT molecular complexity index is 725. The zero-order chi connectivity index (χ0) is 20.7. The smallest absolute Gasteiger partial charge is 0.241 e. The monoisotopic (exact) mass is 425 g/mol. The third kappa shape index (κ3) is 6.47. The van der Waals surface area contributed by atoms with Crippen LogP contribution in [0.5, 0.6) is 0 Å². The van der Waals surface area contributed by atoms with Crippen molar-refractivity contribution < 1.29 is 17.9 Å². The largest absolute Gasteiger partial charge is 0.379 e. The molecular weight excluding hydrogens is 390 g/mol. The molecule has 0 aromatic heterocycles. The summed E-state index contributed by atoms with van der Waals surface area (Å²) in [5, 5.41) is 0. The number of benzene rings is 1. The van der Waals surface area contributed by atoms with E-state index in [0.29, 0.717) is 18.1 Å². The molecule has 1 N–H and O–H groups in total. The minimum atomic E-state index is -3.59. The number of likely N-dealkylation sites (tertiary alicyclic amines) is 1. The van der Waals surface area contributed by atoms with Crippen LogP contribution in [0.25, 0.3) is 0 Å². The number of nitrogens with zero attached hydrogens (tertiary/aromatic N) is 2. The third-order valence-electron chi connectivity index (χ3n) is 5.98. The van der Waals surface area contributed by atoms with E-state index in [1.165, 1.54) is 0 Å². The van der Waals surface area contributed by atoms with Crippen LogP contribution in [0.15, 0.2) is 29.2 Å². The second-order valence-corrected chi connectivity index (χ2v) is 9.82. The molecule has 0 atom stereocenters. The van der Waals surface area contributed by atoms with Crippen molar-refractivity contribution in [2.24, 2.45) is 0 Å². The molecular formula is C21H35N3O4S. The number of rotatable bonds is 9. The van der Waals surface area contributed by atoms with Gasteiger partial charge in [0.1, 0.15) is 0 Å². The molecule has 29 heavy (non-hydrogen) atoms. The Morgan fingerprint density at radius 2 is 1.72 bits per heavy atom. The third-order valence-corrected chi connectivity index (χ3v) is 7.57. The number of piperidine rings is 1.